The minimum Gasteiger partial charge on any atom is -0.352 e. The molecule has 0 aliphatic heterocycles. The van der Waals surface area contributed by atoms with Gasteiger partial charge in [0.2, 0.25) is 0 Å². The summed E-state index contributed by atoms with van der Waals surface area (Å²) in [4.78, 5) is 11.6. The highest BCUT2D eigenvalue weighted by molar-refractivity contribution is 6.33. The predicted octanol–water partition coefficient (Wildman–Crippen LogP) is 2.10. The van der Waals surface area contributed by atoms with E-state index < -0.39 is 0 Å². The van der Waals surface area contributed by atoms with Gasteiger partial charge in [0.05, 0.1) is 10.6 Å². The number of carbonyl (C=O) groups excluding carboxylic acids is 1. The molecule has 1 aromatic rings. The van der Waals surface area contributed by atoms with E-state index >= 15 is 0 Å². The maximum absolute atomic E-state index is 11.6. The maximum Gasteiger partial charge on any atom is 0.252 e. The molecule has 1 aromatic carbocycles. The fourth-order valence-corrected chi connectivity index (χ4v) is 1.43. The molecule has 90 valence electrons. The smallest absolute Gasteiger partial charge is 0.252 e. The van der Waals surface area contributed by atoms with E-state index in [4.69, 9.17) is 11.6 Å². The first-order chi connectivity index (χ1) is 7.25. The van der Waals surface area contributed by atoms with Crippen molar-refractivity contribution in [3.63, 3.8) is 0 Å². The number of amides is 1. The van der Waals surface area contributed by atoms with E-state index in [-0.39, 0.29) is 18.3 Å². The average molecular weight is 263 g/mol. The summed E-state index contributed by atoms with van der Waals surface area (Å²) in [5, 5.41) is 6.32. The van der Waals surface area contributed by atoms with Crippen LogP contribution in [0.1, 0.15) is 16.8 Å². The van der Waals surface area contributed by atoms with Gasteiger partial charge in [-0.05, 0) is 32.1 Å². The lowest BCUT2D eigenvalue weighted by Crippen LogP contribution is -2.26. The number of hydrogen-bond donors (Lipinski definition) is 2. The number of halogens is 2. The van der Waals surface area contributed by atoms with Crippen molar-refractivity contribution in [2.45, 2.75) is 6.42 Å². The third kappa shape index (κ3) is 4.84. The average Bonchev–Trinajstić information content (AvgIpc) is 2.25. The lowest BCUT2D eigenvalue weighted by molar-refractivity contribution is 0.0953. The maximum atomic E-state index is 11.6. The molecule has 0 aliphatic carbocycles. The van der Waals surface area contributed by atoms with Crippen LogP contribution in [0.3, 0.4) is 0 Å². The van der Waals surface area contributed by atoms with Gasteiger partial charge in [-0.1, -0.05) is 23.7 Å². The van der Waals surface area contributed by atoms with Crippen molar-refractivity contribution < 1.29 is 4.79 Å². The van der Waals surface area contributed by atoms with E-state index in [1.54, 1.807) is 24.3 Å². The highest BCUT2D eigenvalue weighted by Gasteiger charge is 2.07. The monoisotopic (exact) mass is 262 g/mol. The van der Waals surface area contributed by atoms with Gasteiger partial charge < -0.3 is 10.6 Å². The van der Waals surface area contributed by atoms with Crippen LogP contribution in [-0.2, 0) is 0 Å². The van der Waals surface area contributed by atoms with Crippen molar-refractivity contribution in [3.05, 3.63) is 34.9 Å². The quantitative estimate of drug-likeness (QED) is 0.799. The predicted molar refractivity (Wildman–Crippen MR) is 69.6 cm³/mol. The fraction of sp³-hybridized carbons (Fsp3) is 0.364. The molecular weight excluding hydrogens is 247 g/mol. The molecule has 0 spiro atoms. The molecule has 16 heavy (non-hydrogen) atoms. The van der Waals surface area contributed by atoms with E-state index in [1.807, 2.05) is 7.05 Å². The second kappa shape index (κ2) is 8.39. The van der Waals surface area contributed by atoms with Crippen LogP contribution >= 0.6 is 24.0 Å². The van der Waals surface area contributed by atoms with Gasteiger partial charge in [-0.3, -0.25) is 4.79 Å². The summed E-state index contributed by atoms with van der Waals surface area (Å²) < 4.78 is 0. The van der Waals surface area contributed by atoms with Gasteiger partial charge in [-0.2, -0.15) is 0 Å². The summed E-state index contributed by atoms with van der Waals surface area (Å²) >= 11 is 5.89. The fourth-order valence-electron chi connectivity index (χ4n) is 1.21. The van der Waals surface area contributed by atoms with Crippen molar-refractivity contribution in [2.24, 2.45) is 0 Å². The third-order valence-electron chi connectivity index (χ3n) is 2.01. The lowest BCUT2D eigenvalue weighted by atomic mass is 10.2. The summed E-state index contributed by atoms with van der Waals surface area (Å²) in [7, 11) is 1.88. The van der Waals surface area contributed by atoms with E-state index in [1.165, 1.54) is 0 Å². The molecule has 0 aromatic heterocycles. The first kappa shape index (κ1) is 15.2. The van der Waals surface area contributed by atoms with Crippen molar-refractivity contribution in [1.82, 2.24) is 10.6 Å². The Balaban J connectivity index is 0.00000225. The SMILES string of the molecule is CNCCCNC(=O)c1ccccc1Cl.Cl. The van der Waals surface area contributed by atoms with Gasteiger partial charge in [0, 0.05) is 6.54 Å². The molecule has 1 rings (SSSR count). The van der Waals surface area contributed by atoms with Crippen LogP contribution in [-0.4, -0.2) is 26.0 Å². The minimum atomic E-state index is -0.114. The number of hydrogen-bond acceptors (Lipinski definition) is 2. The first-order valence-corrected chi connectivity index (χ1v) is 5.31. The Labute approximate surface area is 107 Å². The number of nitrogens with one attached hydrogen (secondary N) is 2. The normalized spacial score (nSPS) is 9.38. The zero-order valence-electron chi connectivity index (χ0n) is 9.13. The lowest BCUT2D eigenvalue weighted by Gasteiger charge is -2.05. The largest absolute Gasteiger partial charge is 0.352 e. The summed E-state index contributed by atoms with van der Waals surface area (Å²) in [5.41, 5.74) is 0.531. The molecule has 5 heteroatoms. The van der Waals surface area contributed by atoms with Gasteiger partial charge in [0.1, 0.15) is 0 Å². The molecule has 0 saturated heterocycles. The third-order valence-corrected chi connectivity index (χ3v) is 2.34. The topological polar surface area (TPSA) is 41.1 Å². The summed E-state index contributed by atoms with van der Waals surface area (Å²) in [6, 6.07) is 7.04. The second-order valence-corrected chi connectivity index (χ2v) is 3.60. The van der Waals surface area contributed by atoms with E-state index in [0.717, 1.165) is 13.0 Å². The molecule has 2 N–H and O–H groups in total. The van der Waals surface area contributed by atoms with Crippen LogP contribution < -0.4 is 10.6 Å². The Morgan fingerprint density at radius 3 is 2.62 bits per heavy atom. The minimum absolute atomic E-state index is 0. The summed E-state index contributed by atoms with van der Waals surface area (Å²) in [6.07, 6.45) is 0.909. The van der Waals surface area contributed by atoms with Gasteiger partial charge in [-0.25, -0.2) is 0 Å². The van der Waals surface area contributed by atoms with E-state index in [9.17, 15) is 4.79 Å². The molecule has 0 bridgehead atoms. The highest BCUT2D eigenvalue weighted by atomic mass is 35.5. The second-order valence-electron chi connectivity index (χ2n) is 3.19. The van der Waals surface area contributed by atoms with Crippen molar-refractivity contribution >= 4 is 29.9 Å². The number of rotatable bonds is 5. The van der Waals surface area contributed by atoms with Crippen LogP contribution in [0.4, 0.5) is 0 Å². The Morgan fingerprint density at radius 2 is 2.00 bits per heavy atom. The van der Waals surface area contributed by atoms with E-state index in [2.05, 4.69) is 10.6 Å². The molecule has 3 nitrogen and oxygen atoms in total. The first-order valence-electron chi connectivity index (χ1n) is 4.93. The van der Waals surface area contributed by atoms with Gasteiger partial charge in [-0.15, -0.1) is 12.4 Å². The van der Waals surface area contributed by atoms with Crippen LogP contribution in [0.15, 0.2) is 24.3 Å². The van der Waals surface area contributed by atoms with Crippen LogP contribution in [0, 0.1) is 0 Å². The molecule has 0 heterocycles. The van der Waals surface area contributed by atoms with Crippen molar-refractivity contribution in [3.8, 4) is 0 Å². The molecule has 0 aliphatic rings. The Morgan fingerprint density at radius 1 is 1.31 bits per heavy atom. The van der Waals surface area contributed by atoms with Crippen molar-refractivity contribution in [1.29, 1.82) is 0 Å². The Hall–Kier alpha value is -0.770. The van der Waals surface area contributed by atoms with E-state index in [0.29, 0.717) is 17.1 Å². The number of benzene rings is 1. The molecule has 0 unspecified atom stereocenters. The molecule has 0 atom stereocenters. The Kier molecular flexibility index (Phi) is 7.99. The molecule has 0 fully saturated rings. The van der Waals surface area contributed by atoms with Crippen LogP contribution in [0.2, 0.25) is 5.02 Å². The molecule has 1 amide bonds. The highest BCUT2D eigenvalue weighted by Crippen LogP contribution is 2.14. The van der Waals surface area contributed by atoms with Crippen LogP contribution in [0.5, 0.6) is 0 Å². The molecular formula is C11H16Cl2N2O. The van der Waals surface area contributed by atoms with Gasteiger partial charge in [0.25, 0.3) is 5.91 Å². The molecule has 0 radical (unpaired) electrons. The van der Waals surface area contributed by atoms with Crippen molar-refractivity contribution in [2.75, 3.05) is 20.1 Å². The zero-order valence-corrected chi connectivity index (χ0v) is 10.7. The summed E-state index contributed by atoms with van der Waals surface area (Å²) in [6.45, 7) is 1.55. The zero-order chi connectivity index (χ0) is 11.1. The summed E-state index contributed by atoms with van der Waals surface area (Å²) in [5.74, 6) is -0.114. The standard InChI is InChI=1S/C11H15ClN2O.ClH/c1-13-7-4-8-14-11(15)9-5-2-3-6-10(9)12;/h2-3,5-6,13H,4,7-8H2,1H3,(H,14,15);1H. The van der Waals surface area contributed by atoms with Gasteiger partial charge >= 0.3 is 0 Å². The Bertz CT molecular complexity index is 332. The molecule has 0 saturated carbocycles. The number of carbonyl (C=O) groups is 1. The van der Waals surface area contributed by atoms with Crippen LogP contribution in [0.25, 0.3) is 0 Å². The van der Waals surface area contributed by atoms with Gasteiger partial charge in [0.15, 0.2) is 0 Å².